The molecule has 0 aromatic carbocycles. The highest BCUT2D eigenvalue weighted by Crippen LogP contribution is 2.56. The molecule has 1 saturated carbocycles. The number of allylic oxidation sites excluding steroid dienone is 2. The number of methoxy groups -OCH3 is 1. The Morgan fingerprint density at radius 3 is 2.64 bits per heavy atom. The van der Waals surface area contributed by atoms with Crippen molar-refractivity contribution in [2.45, 2.75) is 33.1 Å². The smallest absolute Gasteiger partial charge is 0.0981 e. The van der Waals surface area contributed by atoms with Crippen LogP contribution < -0.4 is 0 Å². The van der Waals surface area contributed by atoms with E-state index in [-0.39, 0.29) is 0 Å². The lowest BCUT2D eigenvalue weighted by Gasteiger charge is -2.23. The lowest BCUT2D eigenvalue weighted by atomic mass is 9.83. The minimum Gasteiger partial charge on any atom is -0.501 e. The highest BCUT2D eigenvalue weighted by atomic mass is 16.5. The van der Waals surface area contributed by atoms with E-state index in [0.29, 0.717) is 5.41 Å². The Kier molecular flexibility index (Phi) is 1.33. The highest BCUT2D eigenvalue weighted by Gasteiger charge is 2.46. The van der Waals surface area contributed by atoms with Crippen LogP contribution in [0.1, 0.15) is 33.1 Å². The summed E-state index contributed by atoms with van der Waals surface area (Å²) in [7, 11) is 1.81. The molecular weight excluding hydrogens is 136 g/mol. The molecule has 1 nitrogen and oxygen atoms in total. The Morgan fingerprint density at radius 2 is 2.27 bits per heavy atom. The summed E-state index contributed by atoms with van der Waals surface area (Å²) in [4.78, 5) is 0. The van der Waals surface area contributed by atoms with Crippen LogP contribution in [-0.2, 0) is 4.74 Å². The molecule has 2 atom stereocenters. The van der Waals surface area contributed by atoms with E-state index in [1.807, 2.05) is 7.11 Å². The third-order valence-corrected chi connectivity index (χ3v) is 3.61. The third kappa shape index (κ3) is 0.770. The summed E-state index contributed by atoms with van der Waals surface area (Å²) < 4.78 is 5.40. The van der Waals surface area contributed by atoms with Crippen molar-refractivity contribution in [3.8, 4) is 0 Å². The molecule has 1 fully saturated rings. The molecule has 2 rings (SSSR count). The van der Waals surface area contributed by atoms with Crippen LogP contribution in [0.25, 0.3) is 0 Å². The number of hydrogen-bond donors (Lipinski definition) is 0. The summed E-state index contributed by atoms with van der Waals surface area (Å²) >= 11 is 0. The summed E-state index contributed by atoms with van der Waals surface area (Å²) in [5.41, 5.74) is 2.01. The molecule has 2 bridgehead atoms. The molecule has 0 radical (unpaired) electrons. The molecular formula is C10H16O. The third-order valence-electron chi connectivity index (χ3n) is 3.61. The quantitative estimate of drug-likeness (QED) is 0.561. The van der Waals surface area contributed by atoms with Crippen molar-refractivity contribution in [3.63, 3.8) is 0 Å². The first-order valence-corrected chi connectivity index (χ1v) is 4.42. The van der Waals surface area contributed by atoms with Crippen molar-refractivity contribution >= 4 is 0 Å². The number of ether oxygens (including phenoxy) is 1. The molecule has 0 spiro atoms. The van der Waals surface area contributed by atoms with E-state index in [4.69, 9.17) is 4.74 Å². The molecule has 0 N–H and O–H groups in total. The van der Waals surface area contributed by atoms with Crippen LogP contribution in [0.4, 0.5) is 0 Å². The van der Waals surface area contributed by atoms with Crippen molar-refractivity contribution < 1.29 is 4.74 Å². The zero-order valence-corrected chi connectivity index (χ0v) is 7.61. The maximum absolute atomic E-state index is 5.40. The Hall–Kier alpha value is -0.460. The minimum absolute atomic E-state index is 0.496. The summed E-state index contributed by atoms with van der Waals surface area (Å²) in [6.45, 7) is 4.60. The topological polar surface area (TPSA) is 9.23 Å². The molecule has 0 saturated heterocycles. The number of rotatable bonds is 1. The van der Waals surface area contributed by atoms with Crippen LogP contribution in [0.2, 0.25) is 0 Å². The van der Waals surface area contributed by atoms with Crippen LogP contribution >= 0.6 is 0 Å². The zero-order chi connectivity index (χ0) is 8.06. The van der Waals surface area contributed by atoms with E-state index in [2.05, 4.69) is 13.8 Å². The average Bonchev–Trinajstić information content (AvgIpc) is 2.43. The molecule has 0 heterocycles. The standard InChI is InChI=1S/C10H16O/c1-7-9(11-3)8-4-5-10(7,2)6-8/h8H,4-6H2,1-3H3. The van der Waals surface area contributed by atoms with Crippen LogP contribution in [0.3, 0.4) is 0 Å². The van der Waals surface area contributed by atoms with E-state index < -0.39 is 0 Å². The van der Waals surface area contributed by atoms with Gasteiger partial charge in [-0.05, 0) is 37.2 Å². The van der Waals surface area contributed by atoms with E-state index in [1.54, 1.807) is 0 Å². The summed E-state index contributed by atoms with van der Waals surface area (Å²) in [6, 6.07) is 0. The molecule has 2 aliphatic rings. The van der Waals surface area contributed by atoms with Gasteiger partial charge in [0.1, 0.15) is 0 Å². The van der Waals surface area contributed by atoms with Gasteiger partial charge in [-0.3, -0.25) is 0 Å². The van der Waals surface area contributed by atoms with Gasteiger partial charge in [0.05, 0.1) is 12.9 Å². The normalized spacial score (nSPS) is 41.9. The fourth-order valence-corrected chi connectivity index (χ4v) is 2.73. The van der Waals surface area contributed by atoms with E-state index >= 15 is 0 Å². The Balaban J connectivity index is 2.38. The molecule has 11 heavy (non-hydrogen) atoms. The second-order valence-corrected chi connectivity index (χ2v) is 4.19. The van der Waals surface area contributed by atoms with Crippen molar-refractivity contribution in [3.05, 3.63) is 11.3 Å². The van der Waals surface area contributed by atoms with Crippen molar-refractivity contribution in [1.82, 2.24) is 0 Å². The Labute approximate surface area is 68.4 Å². The van der Waals surface area contributed by atoms with Gasteiger partial charge in [0, 0.05) is 5.92 Å². The first kappa shape index (κ1) is 7.20. The highest BCUT2D eigenvalue weighted by molar-refractivity contribution is 5.28. The van der Waals surface area contributed by atoms with Gasteiger partial charge in [-0.25, -0.2) is 0 Å². The van der Waals surface area contributed by atoms with Crippen LogP contribution in [0.5, 0.6) is 0 Å². The summed E-state index contributed by atoms with van der Waals surface area (Å²) in [5.74, 6) is 2.05. The second kappa shape index (κ2) is 2.02. The summed E-state index contributed by atoms with van der Waals surface area (Å²) in [5, 5.41) is 0. The van der Waals surface area contributed by atoms with Gasteiger partial charge >= 0.3 is 0 Å². The first-order chi connectivity index (χ1) is 5.17. The van der Waals surface area contributed by atoms with Gasteiger partial charge in [0.15, 0.2) is 0 Å². The molecule has 2 aliphatic carbocycles. The average molecular weight is 152 g/mol. The van der Waals surface area contributed by atoms with Gasteiger partial charge in [0.25, 0.3) is 0 Å². The van der Waals surface area contributed by atoms with Gasteiger partial charge in [0.2, 0.25) is 0 Å². The molecule has 1 heteroatoms. The predicted molar refractivity (Wildman–Crippen MR) is 45.2 cm³/mol. The zero-order valence-electron chi connectivity index (χ0n) is 7.61. The van der Waals surface area contributed by atoms with E-state index in [9.17, 15) is 0 Å². The number of hydrogen-bond acceptors (Lipinski definition) is 1. The SMILES string of the molecule is COC1=C(C)C2(C)CCC1C2. The predicted octanol–water partition coefficient (Wildman–Crippen LogP) is 2.73. The fraction of sp³-hybridized carbons (Fsp3) is 0.800. The Bertz CT molecular complexity index is 217. The maximum atomic E-state index is 5.40. The maximum Gasteiger partial charge on any atom is 0.0981 e. The van der Waals surface area contributed by atoms with Gasteiger partial charge < -0.3 is 4.74 Å². The molecule has 0 aromatic rings. The van der Waals surface area contributed by atoms with Crippen LogP contribution in [0.15, 0.2) is 11.3 Å². The molecule has 2 unspecified atom stereocenters. The second-order valence-electron chi connectivity index (χ2n) is 4.19. The first-order valence-electron chi connectivity index (χ1n) is 4.42. The van der Waals surface area contributed by atoms with Gasteiger partial charge in [-0.15, -0.1) is 0 Å². The lowest BCUT2D eigenvalue weighted by Crippen LogP contribution is -2.11. The van der Waals surface area contributed by atoms with Gasteiger partial charge in [-0.2, -0.15) is 0 Å². The molecule has 0 aliphatic heterocycles. The van der Waals surface area contributed by atoms with Crippen molar-refractivity contribution in [1.29, 1.82) is 0 Å². The lowest BCUT2D eigenvalue weighted by molar-refractivity contribution is 0.242. The van der Waals surface area contributed by atoms with Crippen molar-refractivity contribution in [2.75, 3.05) is 7.11 Å². The molecule has 0 amide bonds. The molecule has 0 aromatic heterocycles. The fourth-order valence-electron chi connectivity index (χ4n) is 2.73. The number of fused-ring (bicyclic) bond motifs is 2. The van der Waals surface area contributed by atoms with Crippen LogP contribution in [0, 0.1) is 11.3 Å². The monoisotopic (exact) mass is 152 g/mol. The van der Waals surface area contributed by atoms with E-state index in [0.717, 1.165) is 5.92 Å². The van der Waals surface area contributed by atoms with Crippen LogP contribution in [-0.4, -0.2) is 7.11 Å². The molecule has 62 valence electrons. The summed E-state index contributed by atoms with van der Waals surface area (Å²) in [6.07, 6.45) is 4.05. The minimum atomic E-state index is 0.496. The Morgan fingerprint density at radius 1 is 1.55 bits per heavy atom. The van der Waals surface area contributed by atoms with E-state index in [1.165, 1.54) is 30.6 Å². The largest absolute Gasteiger partial charge is 0.501 e. The van der Waals surface area contributed by atoms with Crippen molar-refractivity contribution in [2.24, 2.45) is 11.3 Å². The van der Waals surface area contributed by atoms with Gasteiger partial charge in [-0.1, -0.05) is 6.92 Å².